The lowest BCUT2D eigenvalue weighted by Gasteiger charge is -1.99. The van der Waals surface area contributed by atoms with Crippen LogP contribution in [0.4, 0.5) is 0 Å². The molecule has 0 saturated carbocycles. The van der Waals surface area contributed by atoms with Gasteiger partial charge >= 0.3 is 0 Å². The Labute approximate surface area is 111 Å². The summed E-state index contributed by atoms with van der Waals surface area (Å²) in [5.74, 6) is 0. The minimum Gasteiger partial charge on any atom is -0.410 e. The Morgan fingerprint density at radius 1 is 1.00 bits per heavy atom. The fourth-order valence-electron chi connectivity index (χ4n) is 1.55. The van der Waals surface area contributed by atoms with Crippen LogP contribution in [0.2, 0.25) is 5.02 Å². The zero-order chi connectivity index (χ0) is 12.8. The van der Waals surface area contributed by atoms with E-state index in [1.54, 1.807) is 18.2 Å². The lowest BCUT2D eigenvalue weighted by atomic mass is 10.1. The molecule has 0 radical (unpaired) electrons. The molecule has 3 heteroatoms. The number of nitrogens with zero attached hydrogens (tertiary/aromatic N) is 1. The summed E-state index contributed by atoms with van der Waals surface area (Å²) in [5.41, 5.74) is 2.36. The van der Waals surface area contributed by atoms with Crippen molar-refractivity contribution in [2.24, 2.45) is 5.16 Å². The highest BCUT2D eigenvalue weighted by molar-refractivity contribution is 6.30. The van der Waals surface area contributed by atoms with Gasteiger partial charge in [0, 0.05) is 10.6 Å². The van der Waals surface area contributed by atoms with Crippen LogP contribution < -0.4 is 0 Å². The van der Waals surface area contributed by atoms with E-state index in [1.807, 2.05) is 48.5 Å². The minimum absolute atomic E-state index is 0.496. The van der Waals surface area contributed by atoms with Gasteiger partial charge in [0.2, 0.25) is 0 Å². The molecule has 2 nitrogen and oxygen atoms in total. The third kappa shape index (κ3) is 3.22. The highest BCUT2D eigenvalue weighted by atomic mass is 35.5. The van der Waals surface area contributed by atoms with E-state index in [1.165, 1.54) is 0 Å². The van der Waals surface area contributed by atoms with E-state index in [2.05, 4.69) is 5.16 Å². The molecular weight excluding hydrogens is 246 g/mol. The number of oxime groups is 1. The van der Waals surface area contributed by atoms with Crippen molar-refractivity contribution in [3.05, 3.63) is 76.8 Å². The number of hydrogen-bond donors (Lipinski definition) is 1. The van der Waals surface area contributed by atoms with Gasteiger partial charge in [-0.2, -0.15) is 0 Å². The Morgan fingerprint density at radius 2 is 1.67 bits per heavy atom. The highest BCUT2D eigenvalue weighted by Gasteiger charge is 2.00. The molecule has 0 bridgehead atoms. The van der Waals surface area contributed by atoms with Gasteiger partial charge in [0.1, 0.15) is 5.71 Å². The van der Waals surface area contributed by atoms with Gasteiger partial charge in [-0.25, -0.2) is 0 Å². The van der Waals surface area contributed by atoms with Crippen molar-refractivity contribution >= 4 is 23.4 Å². The van der Waals surface area contributed by atoms with Crippen LogP contribution in [0.15, 0.2) is 65.8 Å². The smallest absolute Gasteiger partial charge is 0.109 e. The van der Waals surface area contributed by atoms with Crippen LogP contribution in [0.5, 0.6) is 0 Å². The molecule has 2 aromatic rings. The Bertz CT molecular complexity index is 559. The van der Waals surface area contributed by atoms with Crippen LogP contribution in [0.25, 0.3) is 6.08 Å². The molecule has 0 unspecified atom stereocenters. The molecule has 0 aliphatic rings. The average molecular weight is 258 g/mol. The van der Waals surface area contributed by atoms with Crippen molar-refractivity contribution in [1.82, 2.24) is 0 Å². The summed E-state index contributed by atoms with van der Waals surface area (Å²) in [6.07, 6.45) is 3.65. The molecule has 0 heterocycles. The summed E-state index contributed by atoms with van der Waals surface area (Å²) >= 11 is 5.81. The van der Waals surface area contributed by atoms with Crippen LogP contribution in [0.3, 0.4) is 0 Å². The van der Waals surface area contributed by atoms with Crippen molar-refractivity contribution in [2.45, 2.75) is 0 Å². The third-order valence-electron chi connectivity index (χ3n) is 2.48. The quantitative estimate of drug-likeness (QED) is 0.498. The van der Waals surface area contributed by atoms with E-state index in [0.29, 0.717) is 10.7 Å². The zero-order valence-electron chi connectivity index (χ0n) is 9.62. The number of benzene rings is 2. The van der Waals surface area contributed by atoms with Crippen molar-refractivity contribution in [2.75, 3.05) is 0 Å². The van der Waals surface area contributed by atoms with Gasteiger partial charge in [0.25, 0.3) is 0 Å². The van der Waals surface area contributed by atoms with Gasteiger partial charge in [-0.05, 0) is 23.8 Å². The van der Waals surface area contributed by atoms with Gasteiger partial charge in [-0.1, -0.05) is 65.3 Å². The molecule has 0 aromatic heterocycles. The molecule has 90 valence electrons. The molecule has 0 atom stereocenters. The number of allylic oxidation sites excluding steroid dienone is 1. The molecule has 0 fully saturated rings. The van der Waals surface area contributed by atoms with Crippen LogP contribution in [-0.2, 0) is 0 Å². The highest BCUT2D eigenvalue weighted by Crippen LogP contribution is 2.11. The van der Waals surface area contributed by atoms with Gasteiger partial charge in [0.05, 0.1) is 0 Å². The van der Waals surface area contributed by atoms with E-state index >= 15 is 0 Å². The van der Waals surface area contributed by atoms with E-state index in [9.17, 15) is 0 Å². The molecule has 18 heavy (non-hydrogen) atoms. The maximum atomic E-state index is 9.03. The first kappa shape index (κ1) is 12.4. The Kier molecular flexibility index (Phi) is 4.15. The Hall–Kier alpha value is -2.06. The standard InChI is InChI=1S/C15H12ClNO/c16-14-9-7-13(8-10-14)15(17-18)11-6-12-4-2-1-3-5-12/h1-11,18H/b11-6+,17-15-. The van der Waals surface area contributed by atoms with Crippen LogP contribution in [0, 0.1) is 0 Å². The summed E-state index contributed by atoms with van der Waals surface area (Å²) in [7, 11) is 0. The molecule has 2 rings (SSSR count). The second kappa shape index (κ2) is 6.03. The predicted molar refractivity (Wildman–Crippen MR) is 75.3 cm³/mol. The molecule has 0 amide bonds. The van der Waals surface area contributed by atoms with Crippen LogP contribution >= 0.6 is 11.6 Å². The van der Waals surface area contributed by atoms with Gasteiger partial charge in [0.15, 0.2) is 0 Å². The first-order chi connectivity index (χ1) is 8.79. The van der Waals surface area contributed by atoms with Gasteiger partial charge < -0.3 is 5.21 Å². The molecular formula is C15H12ClNO. The lowest BCUT2D eigenvalue weighted by molar-refractivity contribution is 0.320. The summed E-state index contributed by atoms with van der Waals surface area (Å²) < 4.78 is 0. The second-order valence-corrected chi connectivity index (χ2v) is 4.17. The monoisotopic (exact) mass is 257 g/mol. The van der Waals surface area contributed by atoms with Gasteiger partial charge in [-0.3, -0.25) is 0 Å². The fourth-order valence-corrected chi connectivity index (χ4v) is 1.67. The SMILES string of the molecule is O/N=C(/C=C/c1ccccc1)c1ccc(Cl)cc1. The van der Waals surface area contributed by atoms with Crippen molar-refractivity contribution in [3.63, 3.8) is 0 Å². The maximum Gasteiger partial charge on any atom is 0.109 e. The van der Waals surface area contributed by atoms with E-state index in [4.69, 9.17) is 16.8 Å². The number of hydrogen-bond acceptors (Lipinski definition) is 2. The summed E-state index contributed by atoms with van der Waals surface area (Å²) in [4.78, 5) is 0. The molecule has 0 saturated heterocycles. The van der Waals surface area contributed by atoms with Crippen LogP contribution in [0.1, 0.15) is 11.1 Å². The maximum absolute atomic E-state index is 9.03. The first-order valence-electron chi connectivity index (χ1n) is 5.51. The minimum atomic E-state index is 0.496. The number of rotatable bonds is 3. The summed E-state index contributed by atoms with van der Waals surface area (Å²) in [6.45, 7) is 0. The van der Waals surface area contributed by atoms with E-state index in [0.717, 1.165) is 11.1 Å². The number of halogens is 1. The topological polar surface area (TPSA) is 32.6 Å². The van der Waals surface area contributed by atoms with Crippen molar-refractivity contribution in [1.29, 1.82) is 0 Å². The average Bonchev–Trinajstić information content (AvgIpc) is 2.42. The molecule has 0 spiro atoms. The van der Waals surface area contributed by atoms with Gasteiger partial charge in [-0.15, -0.1) is 0 Å². The largest absolute Gasteiger partial charge is 0.410 e. The Balaban J connectivity index is 2.21. The fraction of sp³-hybridized carbons (Fsp3) is 0. The van der Waals surface area contributed by atoms with E-state index in [-0.39, 0.29) is 0 Å². The molecule has 1 N–H and O–H groups in total. The van der Waals surface area contributed by atoms with Crippen molar-refractivity contribution in [3.8, 4) is 0 Å². The Morgan fingerprint density at radius 3 is 2.28 bits per heavy atom. The second-order valence-electron chi connectivity index (χ2n) is 3.74. The molecule has 2 aromatic carbocycles. The van der Waals surface area contributed by atoms with Crippen molar-refractivity contribution < 1.29 is 5.21 Å². The molecule has 0 aliphatic heterocycles. The van der Waals surface area contributed by atoms with E-state index < -0.39 is 0 Å². The molecule has 0 aliphatic carbocycles. The summed E-state index contributed by atoms with van der Waals surface area (Å²) in [5, 5.41) is 13.0. The zero-order valence-corrected chi connectivity index (χ0v) is 10.4. The first-order valence-corrected chi connectivity index (χ1v) is 5.88. The van der Waals surface area contributed by atoms with Crippen LogP contribution in [-0.4, -0.2) is 10.9 Å². The third-order valence-corrected chi connectivity index (χ3v) is 2.73. The predicted octanol–water partition coefficient (Wildman–Crippen LogP) is 4.23. The normalized spacial score (nSPS) is 11.9. The summed E-state index contributed by atoms with van der Waals surface area (Å²) in [6, 6.07) is 17.0. The lowest BCUT2D eigenvalue weighted by Crippen LogP contribution is -1.95.